The first kappa shape index (κ1) is 17.3. The molecule has 0 amide bonds. The van der Waals surface area contributed by atoms with Crippen molar-refractivity contribution < 1.29 is 9.63 Å². The van der Waals surface area contributed by atoms with Gasteiger partial charge in [-0.3, -0.25) is 4.98 Å². The third kappa shape index (κ3) is 2.00. The maximum Gasteiger partial charge on any atom is 0.233 e. The van der Waals surface area contributed by atoms with E-state index in [0.29, 0.717) is 18.1 Å². The molecule has 2 fully saturated rings. The molecule has 144 valence electrons. The summed E-state index contributed by atoms with van der Waals surface area (Å²) < 4.78 is 5.88. The zero-order valence-corrected chi connectivity index (χ0v) is 16.6. The lowest BCUT2D eigenvalue weighted by molar-refractivity contribution is 0.0121. The Morgan fingerprint density at radius 3 is 2.78 bits per heavy atom. The van der Waals surface area contributed by atoms with Gasteiger partial charge in [-0.05, 0) is 61.1 Å². The minimum Gasteiger partial charge on any atom is -0.393 e. The van der Waals surface area contributed by atoms with E-state index in [9.17, 15) is 5.11 Å². The number of aryl methyl sites for hydroxylation is 1. The average molecular weight is 368 g/mol. The van der Waals surface area contributed by atoms with Crippen molar-refractivity contribution in [1.82, 2.24) is 20.4 Å². The molecule has 0 spiro atoms. The summed E-state index contributed by atoms with van der Waals surface area (Å²) in [5.41, 5.74) is 4.04. The maximum absolute atomic E-state index is 10.8. The topological polar surface area (TPSA) is 84.1 Å². The van der Waals surface area contributed by atoms with Gasteiger partial charge in [0.15, 0.2) is 0 Å². The molecule has 27 heavy (non-hydrogen) atoms. The lowest BCUT2D eigenvalue weighted by Gasteiger charge is -2.39. The van der Waals surface area contributed by atoms with Crippen molar-refractivity contribution in [3.8, 4) is 11.4 Å². The number of aliphatic hydroxyl groups is 1. The van der Waals surface area contributed by atoms with Crippen LogP contribution in [0.25, 0.3) is 11.4 Å². The molecule has 0 saturated heterocycles. The average Bonchev–Trinajstić information content (AvgIpc) is 3.24. The monoisotopic (exact) mass is 368 g/mol. The first-order valence-electron chi connectivity index (χ1n) is 10.0. The van der Waals surface area contributed by atoms with Gasteiger partial charge in [0.1, 0.15) is 0 Å². The highest BCUT2D eigenvalue weighted by molar-refractivity contribution is 5.65. The van der Waals surface area contributed by atoms with Crippen LogP contribution in [0.5, 0.6) is 0 Å². The van der Waals surface area contributed by atoms with Crippen LogP contribution in [0.4, 0.5) is 0 Å². The number of nitrogens with zero attached hydrogens (tertiary/aromatic N) is 3. The number of hydrogen-bond acceptors (Lipinski definition) is 6. The highest BCUT2D eigenvalue weighted by atomic mass is 16.5. The quantitative estimate of drug-likeness (QED) is 0.848. The molecule has 3 aliphatic rings. The lowest BCUT2D eigenvalue weighted by Crippen LogP contribution is -2.39. The second kappa shape index (κ2) is 5.39. The summed E-state index contributed by atoms with van der Waals surface area (Å²) in [4.78, 5) is 9.48. The van der Waals surface area contributed by atoms with E-state index >= 15 is 0 Å². The van der Waals surface area contributed by atoms with Gasteiger partial charge in [-0.1, -0.05) is 25.9 Å². The van der Waals surface area contributed by atoms with E-state index in [2.05, 4.69) is 36.2 Å². The molecule has 3 heterocycles. The number of fused-ring (bicyclic) bond motifs is 3. The molecule has 2 saturated carbocycles. The van der Waals surface area contributed by atoms with Gasteiger partial charge in [0.25, 0.3) is 0 Å². The number of rotatable bonds is 2. The van der Waals surface area contributed by atoms with Crippen molar-refractivity contribution in [3.63, 3.8) is 0 Å². The molecule has 2 aromatic rings. The Balaban J connectivity index is 1.62. The van der Waals surface area contributed by atoms with Crippen LogP contribution in [0.2, 0.25) is 0 Å². The Bertz CT molecular complexity index is 921. The SMILES string of the molecule is Cc1ncc2c(c1-c1noc([C@]34CC[C@](C)([C@@H](O)C3)C4(C)C)n1)CCNC2. The second-order valence-corrected chi connectivity index (χ2v) is 9.42. The van der Waals surface area contributed by atoms with Gasteiger partial charge in [0, 0.05) is 24.0 Å². The first-order valence-corrected chi connectivity index (χ1v) is 10.0. The Kier molecular flexibility index (Phi) is 3.45. The van der Waals surface area contributed by atoms with Crippen molar-refractivity contribution in [3.05, 3.63) is 28.9 Å². The van der Waals surface area contributed by atoms with E-state index in [4.69, 9.17) is 9.51 Å². The molecule has 0 unspecified atom stereocenters. The Labute approximate surface area is 159 Å². The molecule has 5 rings (SSSR count). The van der Waals surface area contributed by atoms with Crippen LogP contribution >= 0.6 is 0 Å². The van der Waals surface area contributed by atoms with Crippen LogP contribution in [0.1, 0.15) is 62.7 Å². The minimum absolute atomic E-state index is 0.0868. The standard InChI is InChI=1S/C21H28N4O2/c1-12-16(14-5-8-22-10-13(14)11-23-12)17-24-18(27-25-17)21-7-6-20(4,15(26)9-21)19(21,2)3/h11,15,22,26H,5-10H2,1-4H3/t15-,20+,21-/m0/s1. The predicted octanol–water partition coefficient (Wildman–Crippen LogP) is 2.91. The van der Waals surface area contributed by atoms with E-state index in [1.807, 2.05) is 13.1 Å². The predicted molar refractivity (Wildman–Crippen MR) is 101 cm³/mol. The van der Waals surface area contributed by atoms with E-state index in [1.54, 1.807) is 0 Å². The molecule has 2 N–H and O–H groups in total. The number of aromatic nitrogens is 3. The molecule has 2 aliphatic carbocycles. The largest absolute Gasteiger partial charge is 0.393 e. The smallest absolute Gasteiger partial charge is 0.233 e. The molecule has 2 aromatic heterocycles. The molecule has 1 aliphatic heterocycles. The van der Waals surface area contributed by atoms with Gasteiger partial charge in [0.2, 0.25) is 11.7 Å². The third-order valence-corrected chi connectivity index (χ3v) is 8.36. The number of hydrogen-bond donors (Lipinski definition) is 2. The van der Waals surface area contributed by atoms with Gasteiger partial charge in [-0.15, -0.1) is 0 Å². The van der Waals surface area contributed by atoms with Crippen molar-refractivity contribution in [1.29, 1.82) is 0 Å². The van der Waals surface area contributed by atoms with Crippen LogP contribution in [-0.4, -0.2) is 32.9 Å². The summed E-state index contributed by atoms with van der Waals surface area (Å²) in [7, 11) is 0. The molecule has 0 aromatic carbocycles. The van der Waals surface area contributed by atoms with Gasteiger partial charge in [-0.25, -0.2) is 0 Å². The summed E-state index contributed by atoms with van der Waals surface area (Å²) in [6, 6.07) is 0. The normalized spacial score (nSPS) is 34.0. The van der Waals surface area contributed by atoms with E-state index in [1.165, 1.54) is 11.1 Å². The summed E-state index contributed by atoms with van der Waals surface area (Å²) in [5, 5.41) is 18.6. The fourth-order valence-electron chi connectivity index (χ4n) is 5.99. The van der Waals surface area contributed by atoms with Crippen LogP contribution in [0, 0.1) is 17.8 Å². The van der Waals surface area contributed by atoms with Gasteiger partial charge in [-0.2, -0.15) is 4.98 Å². The van der Waals surface area contributed by atoms with Crippen LogP contribution in [0.3, 0.4) is 0 Å². The molecule has 6 heteroatoms. The summed E-state index contributed by atoms with van der Waals surface area (Å²) in [5.74, 6) is 1.34. The minimum atomic E-state index is -0.324. The van der Waals surface area contributed by atoms with E-state index < -0.39 is 0 Å². The van der Waals surface area contributed by atoms with Gasteiger partial charge >= 0.3 is 0 Å². The Morgan fingerprint density at radius 2 is 2.07 bits per heavy atom. The zero-order chi connectivity index (χ0) is 19.0. The number of nitrogens with one attached hydrogen (secondary N) is 1. The number of pyridine rings is 1. The first-order chi connectivity index (χ1) is 12.8. The molecule has 3 atom stereocenters. The van der Waals surface area contributed by atoms with E-state index in [0.717, 1.165) is 43.6 Å². The van der Waals surface area contributed by atoms with Crippen molar-refractivity contribution >= 4 is 0 Å². The van der Waals surface area contributed by atoms with Gasteiger partial charge < -0.3 is 14.9 Å². The second-order valence-electron chi connectivity index (χ2n) is 9.42. The van der Waals surface area contributed by atoms with Crippen LogP contribution in [0.15, 0.2) is 10.7 Å². The molecular formula is C21H28N4O2. The van der Waals surface area contributed by atoms with Crippen molar-refractivity contribution in [2.75, 3.05) is 6.54 Å². The zero-order valence-electron chi connectivity index (χ0n) is 16.6. The maximum atomic E-state index is 10.8. The number of aliphatic hydroxyl groups excluding tert-OH is 1. The fourth-order valence-corrected chi connectivity index (χ4v) is 5.99. The Morgan fingerprint density at radius 1 is 1.26 bits per heavy atom. The van der Waals surface area contributed by atoms with Crippen LogP contribution < -0.4 is 5.32 Å². The van der Waals surface area contributed by atoms with Gasteiger partial charge in [0.05, 0.1) is 11.5 Å². The fraction of sp³-hybridized carbons (Fsp3) is 0.667. The molecule has 2 bridgehead atoms. The molecule has 0 radical (unpaired) electrons. The lowest BCUT2D eigenvalue weighted by atomic mass is 9.65. The summed E-state index contributed by atoms with van der Waals surface area (Å²) in [6.45, 7) is 10.5. The van der Waals surface area contributed by atoms with E-state index in [-0.39, 0.29) is 22.3 Å². The molecular weight excluding hydrogens is 340 g/mol. The highest BCUT2D eigenvalue weighted by Gasteiger charge is 2.71. The highest BCUT2D eigenvalue weighted by Crippen LogP contribution is 2.72. The third-order valence-electron chi connectivity index (χ3n) is 8.36. The molecule has 6 nitrogen and oxygen atoms in total. The van der Waals surface area contributed by atoms with Crippen molar-refractivity contribution in [2.45, 2.75) is 71.4 Å². The van der Waals surface area contributed by atoms with Crippen LogP contribution in [-0.2, 0) is 18.4 Å². The van der Waals surface area contributed by atoms with Crippen molar-refractivity contribution in [2.24, 2.45) is 10.8 Å². The Hall–Kier alpha value is -1.79. The summed E-state index contributed by atoms with van der Waals surface area (Å²) >= 11 is 0. The summed E-state index contributed by atoms with van der Waals surface area (Å²) in [6.07, 6.45) is 5.27.